The third-order valence-electron chi connectivity index (χ3n) is 2.46. The van der Waals surface area contributed by atoms with Crippen LogP contribution in [0.25, 0.3) is 0 Å². The third kappa shape index (κ3) is 2.43. The van der Waals surface area contributed by atoms with E-state index in [-0.39, 0.29) is 5.56 Å². The highest BCUT2D eigenvalue weighted by Gasteiger charge is 2.22. The van der Waals surface area contributed by atoms with E-state index in [1.165, 1.54) is 10.7 Å². The second kappa shape index (κ2) is 4.25. The number of nitrogens with zero attached hydrogens (tertiary/aromatic N) is 2. The van der Waals surface area contributed by atoms with Crippen LogP contribution >= 0.6 is 0 Å². The minimum atomic E-state index is -0.934. The van der Waals surface area contributed by atoms with Crippen LogP contribution in [0.3, 0.4) is 0 Å². The molecular weight excluding hydrogens is 196 g/mol. The van der Waals surface area contributed by atoms with Crippen LogP contribution in [0.1, 0.15) is 25.5 Å². The molecule has 1 aromatic rings. The van der Waals surface area contributed by atoms with E-state index in [0.717, 1.165) is 5.56 Å². The number of carboxylic acid groups (broad SMARTS) is 1. The van der Waals surface area contributed by atoms with Crippen LogP contribution < -0.4 is 5.56 Å². The van der Waals surface area contributed by atoms with E-state index in [1.807, 2.05) is 0 Å². The van der Waals surface area contributed by atoms with Gasteiger partial charge in [-0.1, -0.05) is 0 Å². The summed E-state index contributed by atoms with van der Waals surface area (Å²) in [5, 5.41) is 12.7. The zero-order valence-corrected chi connectivity index (χ0v) is 8.97. The lowest BCUT2D eigenvalue weighted by Crippen LogP contribution is -2.31. The Bertz CT molecular complexity index is 425. The molecule has 0 radical (unpaired) electrons. The van der Waals surface area contributed by atoms with E-state index in [1.54, 1.807) is 27.0 Å². The summed E-state index contributed by atoms with van der Waals surface area (Å²) in [7, 11) is 0. The molecule has 0 fully saturated rings. The Labute approximate surface area is 87.4 Å². The molecule has 0 amide bonds. The molecule has 0 spiro atoms. The van der Waals surface area contributed by atoms with Crippen molar-refractivity contribution in [3.63, 3.8) is 0 Å². The van der Waals surface area contributed by atoms with Crippen molar-refractivity contribution in [3.8, 4) is 0 Å². The lowest BCUT2D eigenvalue weighted by atomic mass is 10.0. The molecule has 0 aliphatic carbocycles. The maximum atomic E-state index is 11.5. The molecular formula is C10H14N2O3. The summed E-state index contributed by atoms with van der Waals surface area (Å²) in [6.45, 7) is 4.99. The van der Waals surface area contributed by atoms with E-state index in [2.05, 4.69) is 5.10 Å². The van der Waals surface area contributed by atoms with Gasteiger partial charge in [-0.05, 0) is 26.3 Å². The van der Waals surface area contributed by atoms with Gasteiger partial charge in [0.1, 0.15) is 0 Å². The summed E-state index contributed by atoms with van der Waals surface area (Å²) in [6.07, 6.45) is 1.55. The molecule has 0 aliphatic rings. The number of rotatable bonds is 3. The van der Waals surface area contributed by atoms with Gasteiger partial charge in [0, 0.05) is 6.07 Å². The molecule has 1 N–H and O–H groups in total. The fraction of sp³-hybridized carbons (Fsp3) is 0.500. The largest absolute Gasteiger partial charge is 0.481 e. The molecule has 0 saturated carbocycles. The lowest BCUT2D eigenvalue weighted by molar-refractivity contribution is -0.142. The summed E-state index contributed by atoms with van der Waals surface area (Å²) in [4.78, 5) is 22.3. The van der Waals surface area contributed by atoms with Crippen molar-refractivity contribution in [3.05, 3.63) is 28.2 Å². The fourth-order valence-corrected chi connectivity index (χ4v) is 1.23. The van der Waals surface area contributed by atoms with Gasteiger partial charge in [-0.2, -0.15) is 5.10 Å². The van der Waals surface area contributed by atoms with Crippen LogP contribution in [-0.4, -0.2) is 20.9 Å². The van der Waals surface area contributed by atoms with Crippen molar-refractivity contribution in [1.29, 1.82) is 0 Å². The molecule has 15 heavy (non-hydrogen) atoms. The first-order chi connectivity index (χ1) is 6.93. The van der Waals surface area contributed by atoms with Gasteiger partial charge in [0.2, 0.25) is 0 Å². The minimum absolute atomic E-state index is 0.268. The Morgan fingerprint density at radius 3 is 2.60 bits per heavy atom. The number of carboxylic acids is 1. The molecule has 0 aromatic carbocycles. The van der Waals surface area contributed by atoms with Gasteiger partial charge in [0.15, 0.2) is 0 Å². The summed E-state index contributed by atoms with van der Waals surface area (Å²) in [5.74, 6) is -1.57. The first-order valence-electron chi connectivity index (χ1n) is 4.71. The number of hydrogen-bond donors (Lipinski definition) is 1. The van der Waals surface area contributed by atoms with Gasteiger partial charge >= 0.3 is 5.97 Å². The van der Waals surface area contributed by atoms with Crippen LogP contribution in [0, 0.1) is 12.8 Å². The second-order valence-corrected chi connectivity index (χ2v) is 3.68. The van der Waals surface area contributed by atoms with Gasteiger partial charge in [-0.3, -0.25) is 9.59 Å². The molecule has 1 aromatic heterocycles. The number of aliphatic carboxylic acids is 1. The molecule has 1 heterocycles. The molecule has 2 atom stereocenters. The standard InChI is InChI=1S/C10H14N2O3/c1-6-4-9(13)12(11-5-6)8(3)7(2)10(14)15/h4-5,7-8H,1-3H3,(H,14,15). The Kier molecular flexibility index (Phi) is 3.24. The average Bonchev–Trinajstić information content (AvgIpc) is 2.15. The maximum absolute atomic E-state index is 11.5. The predicted octanol–water partition coefficient (Wildman–Crippen LogP) is 0.833. The van der Waals surface area contributed by atoms with E-state index in [9.17, 15) is 9.59 Å². The van der Waals surface area contributed by atoms with Gasteiger partial charge in [0.05, 0.1) is 18.2 Å². The number of hydrogen-bond acceptors (Lipinski definition) is 3. The summed E-state index contributed by atoms with van der Waals surface area (Å²) >= 11 is 0. The van der Waals surface area contributed by atoms with Gasteiger partial charge in [-0.25, -0.2) is 4.68 Å². The fourth-order valence-electron chi connectivity index (χ4n) is 1.23. The van der Waals surface area contributed by atoms with Crippen molar-refractivity contribution < 1.29 is 9.90 Å². The summed E-state index contributed by atoms with van der Waals surface area (Å²) < 4.78 is 1.20. The number of aromatic nitrogens is 2. The van der Waals surface area contributed by atoms with Gasteiger partial charge in [0.25, 0.3) is 5.56 Å². The Hall–Kier alpha value is -1.65. The quantitative estimate of drug-likeness (QED) is 0.802. The molecule has 1 rings (SSSR count). The monoisotopic (exact) mass is 210 g/mol. The highest BCUT2D eigenvalue weighted by Crippen LogP contribution is 2.14. The zero-order chi connectivity index (χ0) is 11.6. The third-order valence-corrected chi connectivity index (χ3v) is 2.46. The SMILES string of the molecule is Cc1cnn(C(C)C(C)C(=O)O)c(=O)c1. The smallest absolute Gasteiger partial charge is 0.308 e. The maximum Gasteiger partial charge on any atom is 0.308 e. The van der Waals surface area contributed by atoms with Gasteiger partial charge in [-0.15, -0.1) is 0 Å². The zero-order valence-electron chi connectivity index (χ0n) is 8.97. The molecule has 0 bridgehead atoms. The molecule has 5 heteroatoms. The van der Waals surface area contributed by atoms with E-state index < -0.39 is 17.9 Å². The topological polar surface area (TPSA) is 72.2 Å². The number of carbonyl (C=O) groups is 1. The molecule has 5 nitrogen and oxygen atoms in total. The Morgan fingerprint density at radius 1 is 1.53 bits per heavy atom. The second-order valence-electron chi connectivity index (χ2n) is 3.68. The van der Waals surface area contributed by atoms with Crippen molar-refractivity contribution >= 4 is 5.97 Å². The molecule has 82 valence electrons. The van der Waals surface area contributed by atoms with Crippen LogP contribution in [-0.2, 0) is 4.79 Å². The lowest BCUT2D eigenvalue weighted by Gasteiger charge is -2.17. The van der Waals surface area contributed by atoms with E-state index in [4.69, 9.17) is 5.11 Å². The first kappa shape index (κ1) is 11.4. The summed E-state index contributed by atoms with van der Waals surface area (Å²) in [5.41, 5.74) is 0.502. The van der Waals surface area contributed by atoms with Crippen LogP contribution in [0.5, 0.6) is 0 Å². The normalized spacial score (nSPS) is 14.6. The van der Waals surface area contributed by atoms with Crippen molar-refractivity contribution in [2.45, 2.75) is 26.8 Å². The molecule has 0 saturated heterocycles. The minimum Gasteiger partial charge on any atom is -0.481 e. The van der Waals surface area contributed by atoms with Crippen molar-refractivity contribution in [2.75, 3.05) is 0 Å². The van der Waals surface area contributed by atoms with E-state index in [0.29, 0.717) is 0 Å². The van der Waals surface area contributed by atoms with Crippen LogP contribution in [0.15, 0.2) is 17.1 Å². The average molecular weight is 210 g/mol. The Balaban J connectivity index is 3.06. The molecule has 2 unspecified atom stereocenters. The van der Waals surface area contributed by atoms with Gasteiger partial charge < -0.3 is 5.11 Å². The van der Waals surface area contributed by atoms with Crippen molar-refractivity contribution in [1.82, 2.24) is 9.78 Å². The highest BCUT2D eigenvalue weighted by molar-refractivity contribution is 5.70. The van der Waals surface area contributed by atoms with Crippen LogP contribution in [0.2, 0.25) is 0 Å². The first-order valence-corrected chi connectivity index (χ1v) is 4.71. The van der Waals surface area contributed by atoms with Crippen LogP contribution in [0.4, 0.5) is 0 Å². The molecule has 0 aliphatic heterocycles. The highest BCUT2D eigenvalue weighted by atomic mass is 16.4. The summed E-state index contributed by atoms with van der Waals surface area (Å²) in [6, 6.07) is 0.994. The van der Waals surface area contributed by atoms with Crippen molar-refractivity contribution in [2.24, 2.45) is 5.92 Å². The predicted molar refractivity (Wildman–Crippen MR) is 54.7 cm³/mol. The Morgan fingerprint density at radius 2 is 2.13 bits per heavy atom. The van der Waals surface area contributed by atoms with E-state index >= 15 is 0 Å². The number of aryl methyl sites for hydroxylation is 1.